The smallest absolute Gasteiger partial charge is 0.269 e. The lowest BCUT2D eigenvalue weighted by molar-refractivity contribution is 0.145. The topological polar surface area (TPSA) is 22.1 Å². The highest BCUT2D eigenvalue weighted by Crippen LogP contribution is 2.32. The summed E-state index contributed by atoms with van der Waals surface area (Å²) in [7, 11) is 1.31. The second-order valence-electron chi connectivity index (χ2n) is 2.78. The van der Waals surface area contributed by atoms with E-state index in [9.17, 15) is 8.78 Å². The summed E-state index contributed by atoms with van der Waals surface area (Å²) < 4.78 is 30.1. The average molecular weight is 222 g/mol. The van der Waals surface area contributed by atoms with Gasteiger partial charge in [0, 0.05) is 12.1 Å². The molecule has 0 aliphatic rings. The van der Waals surface area contributed by atoms with Crippen molar-refractivity contribution < 1.29 is 13.5 Å². The van der Waals surface area contributed by atoms with Crippen LogP contribution in [-0.4, -0.2) is 12.1 Å². The van der Waals surface area contributed by atoms with Crippen molar-refractivity contribution in [3.05, 3.63) is 22.9 Å². The fraction of sp³-hybridized carbons (Fsp3) is 0.444. The first-order chi connectivity index (χ1) is 6.61. The highest BCUT2D eigenvalue weighted by molar-refractivity contribution is 6.17. The minimum atomic E-state index is -2.62. The Hall–Kier alpha value is -0.900. The maximum atomic E-state index is 12.7. The van der Waals surface area contributed by atoms with Crippen molar-refractivity contribution in [1.29, 1.82) is 0 Å². The van der Waals surface area contributed by atoms with Crippen molar-refractivity contribution in [1.82, 2.24) is 4.98 Å². The number of aryl methyl sites for hydroxylation is 1. The molecule has 0 atom stereocenters. The van der Waals surface area contributed by atoms with Crippen LogP contribution in [0.15, 0.2) is 6.20 Å². The molecule has 0 fully saturated rings. The number of nitrogens with zero attached hydrogens (tertiary/aromatic N) is 1. The van der Waals surface area contributed by atoms with E-state index in [2.05, 4.69) is 4.98 Å². The van der Waals surface area contributed by atoms with Gasteiger partial charge in [-0.15, -0.1) is 11.6 Å². The van der Waals surface area contributed by atoms with Gasteiger partial charge in [-0.3, -0.25) is 0 Å². The molecule has 1 heterocycles. The average Bonchev–Trinajstić information content (AvgIpc) is 2.17. The number of rotatable bonds is 3. The van der Waals surface area contributed by atoms with Gasteiger partial charge in [-0.05, 0) is 18.1 Å². The zero-order valence-electron chi connectivity index (χ0n) is 7.85. The molecule has 0 aliphatic heterocycles. The van der Waals surface area contributed by atoms with E-state index in [4.69, 9.17) is 16.3 Å². The molecule has 1 rings (SSSR count). The summed E-state index contributed by atoms with van der Waals surface area (Å²) >= 11 is 5.59. The summed E-state index contributed by atoms with van der Waals surface area (Å²) in [5, 5.41) is 0. The molecule has 0 amide bonds. The number of hydrogen-bond donors (Lipinski definition) is 0. The summed E-state index contributed by atoms with van der Waals surface area (Å²) in [6, 6.07) is 0. The Kier molecular flexibility index (Phi) is 3.63. The predicted octanol–water partition coefficient (Wildman–Crippen LogP) is 3.08. The van der Waals surface area contributed by atoms with Crippen molar-refractivity contribution in [3.8, 4) is 5.88 Å². The van der Waals surface area contributed by atoms with Crippen LogP contribution in [0, 0.1) is 6.92 Å². The van der Waals surface area contributed by atoms with Gasteiger partial charge in [0.2, 0.25) is 5.88 Å². The summed E-state index contributed by atoms with van der Waals surface area (Å²) in [4.78, 5) is 3.77. The Morgan fingerprint density at radius 3 is 2.64 bits per heavy atom. The van der Waals surface area contributed by atoms with E-state index < -0.39 is 6.43 Å². The van der Waals surface area contributed by atoms with Gasteiger partial charge in [0.15, 0.2) is 0 Å². The zero-order chi connectivity index (χ0) is 10.7. The fourth-order valence-corrected chi connectivity index (χ4v) is 1.56. The first kappa shape index (κ1) is 11.2. The maximum Gasteiger partial charge on any atom is 0.269 e. The standard InChI is InChI=1S/C9H10ClF2NO/c1-5-4-13-9(14-2)7(8(11)12)6(5)3-10/h4,8H,3H2,1-2H3. The van der Waals surface area contributed by atoms with E-state index in [1.165, 1.54) is 13.3 Å². The number of ether oxygens (including phenoxy) is 1. The van der Waals surface area contributed by atoms with Gasteiger partial charge in [0.05, 0.1) is 12.7 Å². The summed E-state index contributed by atoms with van der Waals surface area (Å²) in [5.74, 6) is -0.0223. The zero-order valence-corrected chi connectivity index (χ0v) is 8.61. The van der Waals surface area contributed by atoms with E-state index in [0.29, 0.717) is 11.1 Å². The van der Waals surface area contributed by atoms with Gasteiger partial charge in [-0.2, -0.15) is 0 Å². The monoisotopic (exact) mass is 221 g/mol. The van der Waals surface area contributed by atoms with E-state index >= 15 is 0 Å². The van der Waals surface area contributed by atoms with Crippen molar-refractivity contribution in [2.24, 2.45) is 0 Å². The van der Waals surface area contributed by atoms with Crippen molar-refractivity contribution in [2.45, 2.75) is 19.2 Å². The lowest BCUT2D eigenvalue weighted by Crippen LogP contribution is -2.02. The van der Waals surface area contributed by atoms with Gasteiger partial charge < -0.3 is 4.74 Å². The van der Waals surface area contributed by atoms with Gasteiger partial charge in [-0.1, -0.05) is 0 Å². The Morgan fingerprint density at radius 1 is 1.57 bits per heavy atom. The molecule has 0 spiro atoms. The van der Waals surface area contributed by atoms with E-state index in [-0.39, 0.29) is 17.3 Å². The Labute approximate surface area is 85.9 Å². The van der Waals surface area contributed by atoms with Gasteiger partial charge in [-0.25, -0.2) is 13.8 Å². The van der Waals surface area contributed by atoms with Crippen LogP contribution in [0.4, 0.5) is 8.78 Å². The molecule has 0 unspecified atom stereocenters. The van der Waals surface area contributed by atoms with Crippen molar-refractivity contribution in [2.75, 3.05) is 7.11 Å². The molecule has 0 aliphatic carbocycles. The molecule has 0 bridgehead atoms. The molecule has 0 saturated carbocycles. The molecular formula is C9H10ClF2NO. The van der Waals surface area contributed by atoms with Gasteiger partial charge >= 0.3 is 0 Å². The van der Waals surface area contributed by atoms with E-state index in [1.807, 2.05) is 0 Å². The van der Waals surface area contributed by atoms with E-state index in [0.717, 1.165) is 0 Å². The van der Waals surface area contributed by atoms with Crippen LogP contribution in [0.1, 0.15) is 23.1 Å². The lowest BCUT2D eigenvalue weighted by Gasteiger charge is -2.12. The number of halogens is 3. The molecule has 5 heteroatoms. The minimum Gasteiger partial charge on any atom is -0.481 e. The quantitative estimate of drug-likeness (QED) is 0.732. The van der Waals surface area contributed by atoms with Crippen LogP contribution >= 0.6 is 11.6 Å². The molecule has 78 valence electrons. The van der Waals surface area contributed by atoms with Crippen LogP contribution < -0.4 is 4.74 Å². The highest BCUT2D eigenvalue weighted by atomic mass is 35.5. The molecule has 0 saturated heterocycles. The predicted molar refractivity (Wildman–Crippen MR) is 50.0 cm³/mol. The Balaban J connectivity index is 3.36. The number of methoxy groups -OCH3 is 1. The second-order valence-corrected chi connectivity index (χ2v) is 3.04. The Morgan fingerprint density at radius 2 is 2.21 bits per heavy atom. The normalized spacial score (nSPS) is 10.7. The van der Waals surface area contributed by atoms with Crippen molar-refractivity contribution in [3.63, 3.8) is 0 Å². The molecule has 0 N–H and O–H groups in total. The number of pyridine rings is 1. The first-order valence-electron chi connectivity index (χ1n) is 3.98. The Bertz CT molecular complexity index is 331. The molecule has 14 heavy (non-hydrogen) atoms. The SMILES string of the molecule is COc1ncc(C)c(CCl)c1C(F)F. The largest absolute Gasteiger partial charge is 0.481 e. The molecular weight excluding hydrogens is 212 g/mol. The summed E-state index contributed by atoms with van der Waals surface area (Å²) in [5.41, 5.74) is 0.840. The molecule has 2 nitrogen and oxygen atoms in total. The minimum absolute atomic E-state index is 0.0321. The highest BCUT2D eigenvalue weighted by Gasteiger charge is 2.20. The van der Waals surface area contributed by atoms with Crippen LogP contribution in [-0.2, 0) is 5.88 Å². The first-order valence-corrected chi connectivity index (χ1v) is 4.51. The molecule has 0 aromatic carbocycles. The van der Waals surface area contributed by atoms with E-state index in [1.54, 1.807) is 6.92 Å². The lowest BCUT2D eigenvalue weighted by atomic mass is 10.1. The third-order valence-electron chi connectivity index (χ3n) is 1.95. The summed E-state index contributed by atoms with van der Waals surface area (Å²) in [6.45, 7) is 1.69. The van der Waals surface area contributed by atoms with Gasteiger partial charge in [0.1, 0.15) is 0 Å². The van der Waals surface area contributed by atoms with Crippen molar-refractivity contribution >= 4 is 11.6 Å². The molecule has 0 radical (unpaired) electrons. The van der Waals surface area contributed by atoms with Crippen LogP contribution in [0.2, 0.25) is 0 Å². The number of alkyl halides is 3. The third kappa shape index (κ3) is 1.95. The summed E-state index contributed by atoms with van der Waals surface area (Å²) in [6.07, 6.45) is -1.14. The maximum absolute atomic E-state index is 12.7. The second kappa shape index (κ2) is 4.55. The third-order valence-corrected chi connectivity index (χ3v) is 2.22. The fourth-order valence-electron chi connectivity index (χ4n) is 1.21. The number of aromatic nitrogens is 1. The van der Waals surface area contributed by atoms with Crippen LogP contribution in [0.25, 0.3) is 0 Å². The van der Waals surface area contributed by atoms with Gasteiger partial charge in [0.25, 0.3) is 6.43 Å². The number of hydrogen-bond acceptors (Lipinski definition) is 2. The van der Waals surface area contributed by atoms with Crippen LogP contribution in [0.3, 0.4) is 0 Å². The molecule has 1 aromatic heterocycles. The molecule has 1 aromatic rings. The van der Waals surface area contributed by atoms with Crippen LogP contribution in [0.5, 0.6) is 5.88 Å².